The molecule has 0 aliphatic heterocycles. The zero-order valence-electron chi connectivity index (χ0n) is 17.3. The maximum absolute atomic E-state index is 12.4. The van der Waals surface area contributed by atoms with E-state index in [4.69, 9.17) is 16.6 Å². The van der Waals surface area contributed by atoms with Crippen molar-refractivity contribution in [3.63, 3.8) is 0 Å². The summed E-state index contributed by atoms with van der Waals surface area (Å²) in [5.41, 5.74) is 6.45. The van der Waals surface area contributed by atoms with Gasteiger partial charge in [0.15, 0.2) is 5.16 Å². The lowest BCUT2D eigenvalue weighted by Gasteiger charge is -2.10. The second-order valence-corrected chi connectivity index (χ2v) is 8.45. The third kappa shape index (κ3) is 4.95. The number of hydrogen-bond donors (Lipinski definition) is 2. The van der Waals surface area contributed by atoms with E-state index in [9.17, 15) is 9.90 Å². The average Bonchev–Trinajstić information content (AvgIpc) is 3.15. The van der Waals surface area contributed by atoms with Crippen molar-refractivity contribution in [3.05, 3.63) is 88.9 Å². The molecule has 32 heavy (non-hydrogen) atoms. The van der Waals surface area contributed by atoms with E-state index in [1.54, 1.807) is 31.2 Å². The number of carbonyl (C=O) groups is 1. The van der Waals surface area contributed by atoms with Crippen LogP contribution in [0.15, 0.2) is 83.1 Å². The van der Waals surface area contributed by atoms with E-state index in [0.717, 1.165) is 21.8 Å². The van der Waals surface area contributed by atoms with Crippen LogP contribution in [0.2, 0.25) is 5.02 Å². The van der Waals surface area contributed by atoms with Gasteiger partial charge in [0.1, 0.15) is 5.75 Å². The van der Waals surface area contributed by atoms with Crippen molar-refractivity contribution in [1.29, 1.82) is 0 Å². The number of carbonyl (C=O) groups excluding carboxylic acids is 1. The fourth-order valence-corrected chi connectivity index (χ4v) is 4.26. The molecule has 4 rings (SSSR count). The standard InChI is InChI=1S/C24H21ClN4O2S/c1-16(18-9-3-7-13-22(18)30)27-28-23(31)15-32-24-26-20-11-5-6-12-21(20)29(24)14-17-8-2-4-10-19(17)25/h2-13,30H,14-15H2,1H3,(H,28,31). The molecule has 4 aromatic rings. The number of thioether (sulfide) groups is 1. The zero-order chi connectivity index (χ0) is 22.5. The number of hydrogen-bond acceptors (Lipinski definition) is 5. The third-order valence-electron chi connectivity index (χ3n) is 4.88. The molecule has 0 bridgehead atoms. The van der Waals surface area contributed by atoms with Crippen LogP contribution in [0.4, 0.5) is 0 Å². The molecule has 1 amide bonds. The van der Waals surface area contributed by atoms with Crippen LogP contribution in [-0.2, 0) is 11.3 Å². The van der Waals surface area contributed by atoms with Crippen molar-refractivity contribution in [2.75, 3.05) is 5.75 Å². The van der Waals surface area contributed by atoms with Crippen molar-refractivity contribution in [3.8, 4) is 5.75 Å². The molecular weight excluding hydrogens is 444 g/mol. The van der Waals surface area contributed by atoms with Gasteiger partial charge in [-0.15, -0.1) is 0 Å². The Hall–Kier alpha value is -3.29. The maximum atomic E-state index is 12.4. The van der Waals surface area contributed by atoms with Gasteiger partial charge in [-0.3, -0.25) is 4.79 Å². The van der Waals surface area contributed by atoms with E-state index in [-0.39, 0.29) is 17.4 Å². The molecule has 0 fully saturated rings. The Morgan fingerprint density at radius 2 is 1.81 bits per heavy atom. The fraction of sp³-hybridized carbons (Fsp3) is 0.125. The number of benzene rings is 3. The molecule has 8 heteroatoms. The molecule has 6 nitrogen and oxygen atoms in total. The van der Waals surface area contributed by atoms with Gasteiger partial charge in [-0.25, -0.2) is 10.4 Å². The lowest BCUT2D eigenvalue weighted by Crippen LogP contribution is -2.21. The summed E-state index contributed by atoms with van der Waals surface area (Å²) < 4.78 is 2.06. The first-order chi connectivity index (χ1) is 15.5. The molecule has 1 heterocycles. The summed E-state index contributed by atoms with van der Waals surface area (Å²) in [5.74, 6) is -0.00424. The highest BCUT2D eigenvalue weighted by molar-refractivity contribution is 7.99. The Labute approximate surface area is 194 Å². The predicted molar refractivity (Wildman–Crippen MR) is 129 cm³/mol. The van der Waals surface area contributed by atoms with Crippen LogP contribution in [0.3, 0.4) is 0 Å². The van der Waals surface area contributed by atoms with Gasteiger partial charge in [-0.1, -0.05) is 65.8 Å². The number of aromatic nitrogens is 2. The van der Waals surface area contributed by atoms with Gasteiger partial charge in [0.2, 0.25) is 0 Å². The van der Waals surface area contributed by atoms with Crippen LogP contribution in [-0.4, -0.2) is 32.0 Å². The Kier molecular flexibility index (Phi) is 6.78. The molecule has 0 saturated heterocycles. The molecule has 3 aromatic carbocycles. The lowest BCUT2D eigenvalue weighted by atomic mass is 10.1. The first-order valence-corrected chi connectivity index (χ1v) is 11.3. The maximum Gasteiger partial charge on any atom is 0.250 e. The summed E-state index contributed by atoms with van der Waals surface area (Å²) in [6.45, 7) is 2.28. The molecular formula is C24H21ClN4O2S. The molecule has 0 radical (unpaired) electrons. The molecule has 0 unspecified atom stereocenters. The highest BCUT2D eigenvalue weighted by Crippen LogP contribution is 2.27. The van der Waals surface area contributed by atoms with Gasteiger partial charge in [-0.2, -0.15) is 5.10 Å². The summed E-state index contributed by atoms with van der Waals surface area (Å²) >= 11 is 7.70. The number of rotatable bonds is 7. The van der Waals surface area contributed by atoms with Crippen LogP contribution in [0, 0.1) is 0 Å². The number of aromatic hydroxyl groups is 1. The summed E-state index contributed by atoms with van der Waals surface area (Å²) in [6, 6.07) is 22.4. The van der Waals surface area contributed by atoms with Crippen LogP contribution in [0.25, 0.3) is 11.0 Å². The largest absolute Gasteiger partial charge is 0.507 e. The average molecular weight is 465 g/mol. The van der Waals surface area contributed by atoms with Gasteiger partial charge in [0.25, 0.3) is 5.91 Å². The van der Waals surface area contributed by atoms with Crippen molar-refractivity contribution >= 4 is 46.0 Å². The topological polar surface area (TPSA) is 79.5 Å². The van der Waals surface area contributed by atoms with Crippen LogP contribution < -0.4 is 5.43 Å². The first-order valence-electron chi connectivity index (χ1n) is 9.96. The van der Waals surface area contributed by atoms with Crippen molar-refractivity contribution in [2.24, 2.45) is 5.10 Å². The van der Waals surface area contributed by atoms with Crippen molar-refractivity contribution in [2.45, 2.75) is 18.6 Å². The number of amides is 1. The molecule has 0 aliphatic rings. The Balaban J connectivity index is 1.49. The number of phenols is 1. The quantitative estimate of drug-likeness (QED) is 0.227. The minimum absolute atomic E-state index is 0.116. The lowest BCUT2D eigenvalue weighted by molar-refractivity contribution is -0.118. The summed E-state index contributed by atoms with van der Waals surface area (Å²) in [5, 5.41) is 15.4. The summed E-state index contributed by atoms with van der Waals surface area (Å²) in [6.07, 6.45) is 0. The molecule has 0 aliphatic carbocycles. The van der Waals surface area contributed by atoms with Gasteiger partial charge < -0.3 is 9.67 Å². The number of halogens is 1. The molecule has 0 atom stereocenters. The van der Waals surface area contributed by atoms with E-state index in [1.807, 2.05) is 48.5 Å². The van der Waals surface area contributed by atoms with Crippen LogP contribution >= 0.6 is 23.4 Å². The summed E-state index contributed by atoms with van der Waals surface area (Å²) in [4.78, 5) is 17.1. The van der Waals surface area contributed by atoms with Crippen molar-refractivity contribution in [1.82, 2.24) is 15.0 Å². The van der Waals surface area contributed by atoms with Gasteiger partial charge >= 0.3 is 0 Å². The Bertz CT molecular complexity index is 1300. The smallest absolute Gasteiger partial charge is 0.250 e. The number of nitrogens with one attached hydrogen (secondary N) is 1. The molecule has 0 saturated carbocycles. The minimum atomic E-state index is -0.263. The normalized spacial score (nSPS) is 11.6. The highest BCUT2D eigenvalue weighted by Gasteiger charge is 2.14. The predicted octanol–water partition coefficient (Wildman–Crippen LogP) is 5.08. The van der Waals surface area contributed by atoms with Crippen LogP contribution in [0.5, 0.6) is 5.75 Å². The number of phenolic OH excluding ortho intramolecular Hbond substituents is 1. The number of hydrazone groups is 1. The fourth-order valence-electron chi connectivity index (χ4n) is 3.26. The van der Waals surface area contributed by atoms with Gasteiger partial charge in [0.05, 0.1) is 29.0 Å². The zero-order valence-corrected chi connectivity index (χ0v) is 18.9. The first kappa shape index (κ1) is 21.9. The number of nitrogens with zero attached hydrogens (tertiary/aromatic N) is 3. The Morgan fingerprint density at radius 1 is 1.09 bits per heavy atom. The molecule has 162 valence electrons. The molecule has 0 spiro atoms. The van der Waals surface area contributed by atoms with Crippen molar-refractivity contribution < 1.29 is 9.90 Å². The molecule has 1 aromatic heterocycles. The molecule has 2 N–H and O–H groups in total. The van der Waals surface area contributed by atoms with E-state index < -0.39 is 0 Å². The van der Waals surface area contributed by atoms with E-state index in [2.05, 4.69) is 15.1 Å². The van der Waals surface area contributed by atoms with E-state index in [0.29, 0.717) is 22.8 Å². The Morgan fingerprint density at radius 3 is 2.62 bits per heavy atom. The van der Waals surface area contributed by atoms with Gasteiger partial charge in [0, 0.05) is 10.6 Å². The number of fused-ring (bicyclic) bond motifs is 1. The summed E-state index contributed by atoms with van der Waals surface area (Å²) in [7, 11) is 0. The number of imidazole rings is 1. The third-order valence-corrected chi connectivity index (χ3v) is 6.23. The number of para-hydroxylation sites is 3. The second kappa shape index (κ2) is 9.89. The SMILES string of the molecule is CC(=NNC(=O)CSc1nc2ccccc2n1Cc1ccccc1Cl)c1ccccc1O. The highest BCUT2D eigenvalue weighted by atomic mass is 35.5. The minimum Gasteiger partial charge on any atom is -0.507 e. The van der Waals surface area contributed by atoms with Crippen LogP contribution in [0.1, 0.15) is 18.1 Å². The van der Waals surface area contributed by atoms with Gasteiger partial charge in [-0.05, 0) is 42.8 Å². The van der Waals surface area contributed by atoms with E-state index >= 15 is 0 Å². The van der Waals surface area contributed by atoms with E-state index in [1.165, 1.54) is 11.8 Å². The second-order valence-electron chi connectivity index (χ2n) is 7.10. The monoisotopic (exact) mass is 464 g/mol.